The second-order valence-corrected chi connectivity index (χ2v) is 5.89. The lowest BCUT2D eigenvalue weighted by Crippen LogP contribution is -2.34. The van der Waals surface area contributed by atoms with Crippen LogP contribution >= 0.6 is 0 Å². The van der Waals surface area contributed by atoms with Crippen molar-refractivity contribution in [3.8, 4) is 0 Å². The summed E-state index contributed by atoms with van der Waals surface area (Å²) >= 11 is 0. The van der Waals surface area contributed by atoms with Crippen molar-refractivity contribution in [2.75, 3.05) is 0 Å². The fourth-order valence-electron chi connectivity index (χ4n) is 2.82. The van der Waals surface area contributed by atoms with Crippen LogP contribution in [0.2, 0.25) is 0 Å². The predicted octanol–water partition coefficient (Wildman–Crippen LogP) is 3.73. The third-order valence-electron chi connectivity index (χ3n) is 4.14. The van der Waals surface area contributed by atoms with E-state index in [4.69, 9.17) is 4.42 Å². The maximum absolute atomic E-state index is 13.1. The Kier molecular flexibility index (Phi) is 4.51. The molecule has 0 fully saturated rings. The summed E-state index contributed by atoms with van der Waals surface area (Å²) in [6, 6.07) is 15.4. The Morgan fingerprint density at radius 1 is 1.25 bits per heavy atom. The number of aromatic nitrogens is 2. The number of rotatable bonds is 5. The quantitative estimate of drug-likeness (QED) is 0.719. The van der Waals surface area contributed by atoms with Gasteiger partial charge >= 0.3 is 0 Å². The average molecular weight is 323 g/mol. The van der Waals surface area contributed by atoms with Crippen LogP contribution in [-0.2, 0) is 13.6 Å². The molecule has 3 aromatic rings. The van der Waals surface area contributed by atoms with E-state index < -0.39 is 0 Å². The lowest BCUT2D eigenvalue weighted by Gasteiger charge is -2.29. The van der Waals surface area contributed by atoms with E-state index in [2.05, 4.69) is 5.10 Å². The molecule has 0 radical (unpaired) electrons. The van der Waals surface area contributed by atoms with Crippen LogP contribution < -0.4 is 0 Å². The molecular weight excluding hydrogens is 302 g/mol. The third kappa shape index (κ3) is 3.25. The number of hydrogen-bond acceptors (Lipinski definition) is 3. The van der Waals surface area contributed by atoms with Crippen LogP contribution in [-0.4, -0.2) is 20.6 Å². The zero-order chi connectivity index (χ0) is 17.1. The van der Waals surface area contributed by atoms with E-state index in [1.54, 1.807) is 18.0 Å². The first-order chi connectivity index (χ1) is 11.6. The summed E-state index contributed by atoms with van der Waals surface area (Å²) in [5.41, 5.74) is 2.48. The molecule has 0 aliphatic heterocycles. The molecule has 2 heterocycles. The summed E-state index contributed by atoms with van der Waals surface area (Å²) in [4.78, 5) is 15.0. The van der Waals surface area contributed by atoms with Gasteiger partial charge in [0.1, 0.15) is 11.5 Å². The van der Waals surface area contributed by atoms with E-state index in [1.165, 1.54) is 0 Å². The van der Waals surface area contributed by atoms with Gasteiger partial charge in [-0.25, -0.2) is 0 Å². The Bertz CT molecular complexity index is 807. The van der Waals surface area contributed by atoms with Gasteiger partial charge in [-0.05, 0) is 37.6 Å². The van der Waals surface area contributed by atoms with Gasteiger partial charge in [-0.15, -0.1) is 0 Å². The monoisotopic (exact) mass is 323 g/mol. The highest BCUT2D eigenvalue weighted by molar-refractivity contribution is 5.93. The van der Waals surface area contributed by atoms with E-state index >= 15 is 0 Å². The van der Waals surface area contributed by atoms with Gasteiger partial charge in [0.15, 0.2) is 0 Å². The molecule has 5 heteroatoms. The van der Waals surface area contributed by atoms with Gasteiger partial charge in [0.2, 0.25) is 0 Å². The van der Waals surface area contributed by atoms with Gasteiger partial charge in [-0.3, -0.25) is 9.48 Å². The summed E-state index contributed by atoms with van der Waals surface area (Å²) in [6.07, 6.45) is 1.62. The second-order valence-electron chi connectivity index (χ2n) is 5.89. The minimum absolute atomic E-state index is 0.0640. The molecule has 0 unspecified atom stereocenters. The fourth-order valence-corrected chi connectivity index (χ4v) is 2.82. The molecule has 3 rings (SSSR count). The van der Waals surface area contributed by atoms with Crippen LogP contribution in [0.25, 0.3) is 0 Å². The Labute approximate surface area is 141 Å². The lowest BCUT2D eigenvalue weighted by atomic mass is 10.1. The zero-order valence-electron chi connectivity index (χ0n) is 14.1. The molecule has 2 aromatic heterocycles. The molecule has 0 aliphatic carbocycles. The van der Waals surface area contributed by atoms with Crippen molar-refractivity contribution in [1.82, 2.24) is 14.7 Å². The number of amides is 1. The van der Waals surface area contributed by atoms with Crippen LogP contribution in [0.4, 0.5) is 0 Å². The Morgan fingerprint density at radius 3 is 2.58 bits per heavy atom. The second kappa shape index (κ2) is 6.74. The zero-order valence-corrected chi connectivity index (χ0v) is 14.1. The van der Waals surface area contributed by atoms with Crippen LogP contribution in [0.15, 0.2) is 59.2 Å². The van der Waals surface area contributed by atoms with Crippen LogP contribution in [0.5, 0.6) is 0 Å². The molecular formula is C19H21N3O2. The molecule has 24 heavy (non-hydrogen) atoms. The van der Waals surface area contributed by atoms with E-state index in [-0.39, 0.29) is 11.9 Å². The van der Waals surface area contributed by atoms with Gasteiger partial charge in [-0.1, -0.05) is 30.3 Å². The van der Waals surface area contributed by atoms with Gasteiger partial charge in [0.05, 0.1) is 24.5 Å². The number of aryl methyl sites for hydroxylation is 2. The summed E-state index contributed by atoms with van der Waals surface area (Å²) < 4.78 is 7.08. The van der Waals surface area contributed by atoms with E-state index in [9.17, 15) is 4.79 Å². The molecule has 1 amide bonds. The Balaban J connectivity index is 1.95. The highest BCUT2D eigenvalue weighted by Crippen LogP contribution is 2.24. The molecule has 0 spiro atoms. The first-order valence-corrected chi connectivity index (χ1v) is 7.95. The number of furan rings is 1. The van der Waals surface area contributed by atoms with Gasteiger partial charge < -0.3 is 9.32 Å². The Hall–Kier alpha value is -2.82. The molecule has 5 nitrogen and oxygen atoms in total. The standard InChI is InChI=1S/C19H21N3O2/c1-14-12-18(21(3)20-14)19(23)22(13-17-10-7-11-24-17)15(2)16-8-5-4-6-9-16/h4-12,15H,13H2,1-3H3/t15-/m1/s1. The molecule has 0 bridgehead atoms. The average Bonchev–Trinajstić information content (AvgIpc) is 3.21. The van der Waals surface area contributed by atoms with Crippen molar-refractivity contribution >= 4 is 5.91 Å². The van der Waals surface area contributed by atoms with E-state index in [0.29, 0.717) is 12.2 Å². The minimum atomic E-state index is -0.0843. The molecule has 1 aromatic carbocycles. The van der Waals surface area contributed by atoms with Crippen LogP contribution in [0, 0.1) is 6.92 Å². The maximum Gasteiger partial charge on any atom is 0.273 e. The predicted molar refractivity (Wildman–Crippen MR) is 91.4 cm³/mol. The third-order valence-corrected chi connectivity index (χ3v) is 4.14. The van der Waals surface area contributed by atoms with Crippen molar-refractivity contribution in [2.45, 2.75) is 26.4 Å². The maximum atomic E-state index is 13.1. The van der Waals surface area contributed by atoms with Crippen LogP contribution in [0.1, 0.15) is 40.5 Å². The summed E-state index contributed by atoms with van der Waals surface area (Å²) in [5, 5.41) is 4.29. The number of carbonyl (C=O) groups excluding carboxylic acids is 1. The van der Waals surface area contributed by atoms with Crippen molar-refractivity contribution in [3.63, 3.8) is 0 Å². The number of carbonyl (C=O) groups is 1. The molecule has 124 valence electrons. The highest BCUT2D eigenvalue weighted by atomic mass is 16.3. The van der Waals surface area contributed by atoms with Crippen LogP contribution in [0.3, 0.4) is 0 Å². The SMILES string of the molecule is Cc1cc(C(=O)N(Cc2ccco2)[C@H](C)c2ccccc2)n(C)n1. The first kappa shape index (κ1) is 16.1. The minimum Gasteiger partial charge on any atom is -0.467 e. The molecule has 0 aliphatic rings. The van der Waals surface area contributed by atoms with E-state index in [1.807, 2.05) is 67.3 Å². The number of hydrogen-bond donors (Lipinski definition) is 0. The molecule has 1 atom stereocenters. The summed E-state index contributed by atoms with van der Waals surface area (Å²) in [5.74, 6) is 0.691. The highest BCUT2D eigenvalue weighted by Gasteiger charge is 2.26. The van der Waals surface area contributed by atoms with Crippen molar-refractivity contribution < 1.29 is 9.21 Å². The fraction of sp³-hybridized carbons (Fsp3) is 0.263. The van der Waals surface area contributed by atoms with Crippen molar-refractivity contribution in [1.29, 1.82) is 0 Å². The summed E-state index contributed by atoms with van der Waals surface area (Å²) in [6.45, 7) is 4.32. The molecule has 0 saturated carbocycles. The van der Waals surface area contributed by atoms with Gasteiger partial charge in [0.25, 0.3) is 5.91 Å². The first-order valence-electron chi connectivity index (χ1n) is 7.95. The van der Waals surface area contributed by atoms with Gasteiger partial charge in [0, 0.05) is 7.05 Å². The van der Waals surface area contributed by atoms with Crippen molar-refractivity contribution in [3.05, 3.63) is 77.5 Å². The number of benzene rings is 1. The normalized spacial score (nSPS) is 12.1. The largest absolute Gasteiger partial charge is 0.467 e. The molecule has 0 N–H and O–H groups in total. The smallest absolute Gasteiger partial charge is 0.273 e. The Morgan fingerprint density at radius 2 is 2.00 bits per heavy atom. The topological polar surface area (TPSA) is 51.3 Å². The van der Waals surface area contributed by atoms with Crippen molar-refractivity contribution in [2.24, 2.45) is 7.05 Å². The van der Waals surface area contributed by atoms with Gasteiger partial charge in [-0.2, -0.15) is 5.10 Å². The van der Waals surface area contributed by atoms with E-state index in [0.717, 1.165) is 17.0 Å². The summed E-state index contributed by atoms with van der Waals surface area (Å²) in [7, 11) is 1.79. The molecule has 0 saturated heterocycles. The number of nitrogens with zero attached hydrogens (tertiary/aromatic N) is 3. The lowest BCUT2D eigenvalue weighted by molar-refractivity contribution is 0.0647.